The molecule has 2 rings (SSSR count). The second-order valence-electron chi connectivity index (χ2n) is 4.48. The van der Waals surface area contributed by atoms with Crippen molar-refractivity contribution in [3.63, 3.8) is 0 Å². The highest BCUT2D eigenvalue weighted by Gasteiger charge is 2.08. The highest BCUT2D eigenvalue weighted by molar-refractivity contribution is 6.31. The van der Waals surface area contributed by atoms with E-state index >= 15 is 0 Å². The van der Waals surface area contributed by atoms with Crippen LogP contribution < -0.4 is 15.8 Å². The molecule has 0 bridgehead atoms. The van der Waals surface area contributed by atoms with Crippen LogP contribution >= 0.6 is 23.2 Å². The average molecular weight is 325 g/mol. The molecule has 2 aromatic carbocycles. The Morgan fingerprint density at radius 3 is 2.52 bits per heavy atom. The molecule has 110 valence electrons. The molecule has 1 amide bonds. The molecule has 0 aliphatic rings. The fraction of sp³-hybridized carbons (Fsp3) is 0.133. The first-order chi connectivity index (χ1) is 9.95. The third-order valence-corrected chi connectivity index (χ3v) is 3.25. The van der Waals surface area contributed by atoms with Crippen LogP contribution in [0.3, 0.4) is 0 Å². The minimum Gasteiger partial charge on any atom is -0.483 e. The Kier molecular flexibility index (Phi) is 4.94. The Balaban J connectivity index is 1.96. The van der Waals surface area contributed by atoms with E-state index in [1.54, 1.807) is 36.4 Å². The van der Waals surface area contributed by atoms with E-state index < -0.39 is 0 Å². The fourth-order valence-corrected chi connectivity index (χ4v) is 2.16. The molecule has 0 aliphatic heterocycles. The van der Waals surface area contributed by atoms with E-state index in [4.69, 9.17) is 33.7 Å². The molecule has 0 fully saturated rings. The summed E-state index contributed by atoms with van der Waals surface area (Å²) in [6, 6.07) is 10.1. The number of carbonyl (C=O) groups excluding carboxylic acids is 1. The van der Waals surface area contributed by atoms with Crippen molar-refractivity contribution < 1.29 is 9.53 Å². The number of carbonyl (C=O) groups is 1. The molecule has 3 N–H and O–H groups in total. The smallest absolute Gasteiger partial charge is 0.262 e. The van der Waals surface area contributed by atoms with Crippen LogP contribution in [0.25, 0.3) is 0 Å². The molecular formula is C15H14Cl2N2O2. The fourth-order valence-electron chi connectivity index (χ4n) is 1.75. The van der Waals surface area contributed by atoms with Crippen LogP contribution in [0.2, 0.25) is 10.0 Å². The molecule has 21 heavy (non-hydrogen) atoms. The quantitative estimate of drug-likeness (QED) is 0.838. The lowest BCUT2D eigenvalue weighted by Gasteiger charge is -2.11. The van der Waals surface area contributed by atoms with Gasteiger partial charge in [-0.3, -0.25) is 4.79 Å². The zero-order valence-electron chi connectivity index (χ0n) is 11.3. The molecule has 0 heterocycles. The normalized spacial score (nSPS) is 10.2. The molecule has 0 spiro atoms. The second kappa shape index (κ2) is 6.70. The van der Waals surface area contributed by atoms with Crippen molar-refractivity contribution in [3.8, 4) is 5.75 Å². The number of halogens is 2. The number of hydrogen-bond donors (Lipinski definition) is 2. The zero-order chi connectivity index (χ0) is 15.4. The van der Waals surface area contributed by atoms with Gasteiger partial charge in [0.15, 0.2) is 6.61 Å². The van der Waals surface area contributed by atoms with Crippen molar-refractivity contribution in [1.29, 1.82) is 0 Å². The highest BCUT2D eigenvalue weighted by Crippen LogP contribution is 2.23. The maximum Gasteiger partial charge on any atom is 0.262 e. The third kappa shape index (κ3) is 4.28. The molecule has 0 saturated carbocycles. The van der Waals surface area contributed by atoms with E-state index in [1.807, 2.05) is 6.92 Å². The van der Waals surface area contributed by atoms with Gasteiger partial charge in [0.05, 0.1) is 11.4 Å². The van der Waals surface area contributed by atoms with Gasteiger partial charge in [-0.05, 0) is 48.9 Å². The molecule has 0 aromatic heterocycles. The number of anilines is 2. The van der Waals surface area contributed by atoms with Crippen LogP contribution in [0.1, 0.15) is 5.56 Å². The van der Waals surface area contributed by atoms with Crippen molar-refractivity contribution in [2.24, 2.45) is 0 Å². The molecule has 4 nitrogen and oxygen atoms in total. The number of nitrogens with one attached hydrogen (secondary N) is 1. The minimum atomic E-state index is -0.307. The number of aryl methyl sites for hydroxylation is 1. The minimum absolute atomic E-state index is 0.120. The van der Waals surface area contributed by atoms with E-state index in [9.17, 15) is 4.79 Å². The lowest BCUT2D eigenvalue weighted by Crippen LogP contribution is -2.21. The van der Waals surface area contributed by atoms with E-state index in [2.05, 4.69) is 5.32 Å². The lowest BCUT2D eigenvalue weighted by molar-refractivity contribution is -0.118. The molecule has 0 saturated heterocycles. The first-order valence-corrected chi connectivity index (χ1v) is 6.95. The predicted molar refractivity (Wildman–Crippen MR) is 86.2 cm³/mol. The third-order valence-electron chi connectivity index (χ3n) is 2.78. The van der Waals surface area contributed by atoms with Gasteiger partial charge < -0.3 is 15.8 Å². The summed E-state index contributed by atoms with van der Waals surface area (Å²) < 4.78 is 5.45. The monoisotopic (exact) mass is 324 g/mol. The Bertz CT molecular complexity index is 675. The van der Waals surface area contributed by atoms with Crippen molar-refractivity contribution >= 4 is 40.5 Å². The van der Waals surface area contributed by atoms with Crippen LogP contribution in [0.15, 0.2) is 36.4 Å². The van der Waals surface area contributed by atoms with Crippen molar-refractivity contribution in [2.45, 2.75) is 6.92 Å². The van der Waals surface area contributed by atoms with Crippen LogP contribution in [0, 0.1) is 6.92 Å². The molecule has 2 aromatic rings. The number of nitrogens with two attached hydrogens (primary N) is 1. The van der Waals surface area contributed by atoms with Crippen molar-refractivity contribution in [1.82, 2.24) is 0 Å². The molecule has 0 radical (unpaired) electrons. The summed E-state index contributed by atoms with van der Waals surface area (Å²) in [5.41, 5.74) is 7.53. The van der Waals surface area contributed by atoms with Crippen molar-refractivity contribution in [2.75, 3.05) is 17.7 Å². The van der Waals surface area contributed by atoms with Gasteiger partial charge in [0.1, 0.15) is 5.75 Å². The molecule has 6 heteroatoms. The second-order valence-corrected chi connectivity index (χ2v) is 5.35. The van der Waals surface area contributed by atoms with E-state index in [0.717, 1.165) is 5.56 Å². The van der Waals surface area contributed by atoms with E-state index in [1.165, 1.54) is 0 Å². The molecule has 0 unspecified atom stereocenters. The van der Waals surface area contributed by atoms with Gasteiger partial charge in [-0.15, -0.1) is 0 Å². The highest BCUT2D eigenvalue weighted by atomic mass is 35.5. The van der Waals surface area contributed by atoms with Crippen molar-refractivity contribution in [3.05, 3.63) is 52.0 Å². The zero-order valence-corrected chi connectivity index (χ0v) is 12.8. The Morgan fingerprint density at radius 2 is 1.86 bits per heavy atom. The Hall–Kier alpha value is -1.91. The number of benzene rings is 2. The maximum absolute atomic E-state index is 11.9. The van der Waals surface area contributed by atoms with Gasteiger partial charge in [0, 0.05) is 10.0 Å². The van der Waals surface area contributed by atoms with Gasteiger partial charge in [0.25, 0.3) is 5.91 Å². The summed E-state index contributed by atoms with van der Waals surface area (Å²) >= 11 is 11.7. The van der Waals surface area contributed by atoms with E-state index in [-0.39, 0.29) is 12.5 Å². The summed E-state index contributed by atoms with van der Waals surface area (Å²) in [7, 11) is 0. The van der Waals surface area contributed by atoms with Gasteiger partial charge >= 0.3 is 0 Å². The first-order valence-electron chi connectivity index (χ1n) is 6.19. The summed E-state index contributed by atoms with van der Waals surface area (Å²) in [5, 5.41) is 3.80. The van der Waals surface area contributed by atoms with Crippen LogP contribution in [0.5, 0.6) is 5.75 Å². The van der Waals surface area contributed by atoms with Gasteiger partial charge in [0.2, 0.25) is 0 Å². The Labute approximate surface area is 132 Å². The topological polar surface area (TPSA) is 64.3 Å². The number of rotatable bonds is 4. The van der Waals surface area contributed by atoms with Crippen LogP contribution in [-0.2, 0) is 4.79 Å². The SMILES string of the molecule is Cc1cc(Cl)ccc1OCC(=O)Nc1ccc(Cl)cc1N. The number of nitrogen functional groups attached to an aromatic ring is 1. The Morgan fingerprint density at radius 1 is 1.19 bits per heavy atom. The van der Waals surface area contributed by atoms with Gasteiger partial charge in [-0.1, -0.05) is 23.2 Å². The summed E-state index contributed by atoms with van der Waals surface area (Å²) in [6.07, 6.45) is 0. The number of hydrogen-bond acceptors (Lipinski definition) is 3. The summed E-state index contributed by atoms with van der Waals surface area (Å²) in [4.78, 5) is 11.9. The average Bonchev–Trinajstić information content (AvgIpc) is 2.41. The first kappa shape index (κ1) is 15.5. The van der Waals surface area contributed by atoms with E-state index in [0.29, 0.717) is 27.2 Å². The predicted octanol–water partition coefficient (Wildman–Crippen LogP) is 3.90. The molecule has 0 atom stereocenters. The summed E-state index contributed by atoms with van der Waals surface area (Å²) in [5.74, 6) is 0.303. The molecular weight excluding hydrogens is 311 g/mol. The van der Waals surface area contributed by atoms with Gasteiger partial charge in [-0.25, -0.2) is 0 Å². The number of ether oxygens (including phenoxy) is 1. The standard InChI is InChI=1S/C15H14Cl2N2O2/c1-9-6-10(16)3-5-14(9)21-8-15(20)19-13-4-2-11(17)7-12(13)18/h2-7H,8,18H2,1H3,(H,19,20). The maximum atomic E-state index is 11.9. The lowest BCUT2D eigenvalue weighted by atomic mass is 10.2. The molecule has 0 aliphatic carbocycles. The number of amides is 1. The van der Waals surface area contributed by atoms with Crippen LogP contribution in [-0.4, -0.2) is 12.5 Å². The summed E-state index contributed by atoms with van der Waals surface area (Å²) in [6.45, 7) is 1.74. The van der Waals surface area contributed by atoms with Crippen LogP contribution in [0.4, 0.5) is 11.4 Å². The van der Waals surface area contributed by atoms with Gasteiger partial charge in [-0.2, -0.15) is 0 Å². The largest absolute Gasteiger partial charge is 0.483 e.